The van der Waals surface area contributed by atoms with Crippen LogP contribution in [0.1, 0.15) is 44.2 Å². The van der Waals surface area contributed by atoms with Gasteiger partial charge in [0.15, 0.2) is 0 Å². The lowest BCUT2D eigenvalue weighted by Gasteiger charge is -2.39. The van der Waals surface area contributed by atoms with Crippen LogP contribution in [0.3, 0.4) is 0 Å². The summed E-state index contributed by atoms with van der Waals surface area (Å²) < 4.78 is 1.73. The number of rotatable bonds is 4. The number of thioether (sulfide) groups is 1. The van der Waals surface area contributed by atoms with Crippen LogP contribution >= 0.6 is 11.8 Å². The van der Waals surface area contributed by atoms with Crippen LogP contribution in [0.25, 0.3) is 5.69 Å². The van der Waals surface area contributed by atoms with Crippen LogP contribution in [0.4, 0.5) is 0 Å². The molecule has 0 bridgehead atoms. The van der Waals surface area contributed by atoms with Crippen molar-refractivity contribution < 1.29 is 4.79 Å². The third kappa shape index (κ3) is 3.71. The van der Waals surface area contributed by atoms with Crippen LogP contribution in [-0.2, 0) is 4.79 Å². The molecule has 0 spiro atoms. The summed E-state index contributed by atoms with van der Waals surface area (Å²) in [6.45, 7) is 8.40. The standard InChI is InChI=1S/C18H25N5OS/c1-12-7-5-10-16(15(12)4)23-18(19-20-21-23)25-11-17(24)22-13(2)8-6-9-14(22)3/h5,7,10,13-14H,6,8-9,11H2,1-4H3. The van der Waals surface area contributed by atoms with Crippen molar-refractivity contribution in [2.24, 2.45) is 0 Å². The monoisotopic (exact) mass is 359 g/mol. The number of aromatic nitrogens is 4. The average Bonchev–Trinajstić information content (AvgIpc) is 3.03. The number of hydrogen-bond acceptors (Lipinski definition) is 5. The van der Waals surface area contributed by atoms with Crippen LogP contribution < -0.4 is 0 Å². The van der Waals surface area contributed by atoms with Crippen molar-refractivity contribution >= 4 is 17.7 Å². The summed E-state index contributed by atoms with van der Waals surface area (Å²) in [7, 11) is 0. The van der Waals surface area contributed by atoms with E-state index >= 15 is 0 Å². The summed E-state index contributed by atoms with van der Waals surface area (Å²) in [5, 5.41) is 12.7. The van der Waals surface area contributed by atoms with Gasteiger partial charge in [0.2, 0.25) is 11.1 Å². The fourth-order valence-corrected chi connectivity index (χ4v) is 4.25. The lowest BCUT2D eigenvalue weighted by atomic mass is 9.98. The molecule has 7 heteroatoms. The number of tetrazole rings is 1. The van der Waals surface area contributed by atoms with Crippen LogP contribution in [-0.4, -0.2) is 48.9 Å². The van der Waals surface area contributed by atoms with Gasteiger partial charge >= 0.3 is 0 Å². The third-order valence-electron chi connectivity index (χ3n) is 5.05. The molecule has 134 valence electrons. The Labute approximate surface area is 153 Å². The molecule has 3 rings (SSSR count). The first kappa shape index (κ1) is 17.9. The van der Waals surface area contributed by atoms with Crippen molar-refractivity contribution in [2.45, 2.75) is 64.2 Å². The summed E-state index contributed by atoms with van der Waals surface area (Å²) >= 11 is 1.40. The van der Waals surface area contributed by atoms with E-state index in [0.29, 0.717) is 23.0 Å². The van der Waals surface area contributed by atoms with Gasteiger partial charge in [-0.1, -0.05) is 23.9 Å². The van der Waals surface area contributed by atoms with E-state index in [9.17, 15) is 4.79 Å². The zero-order valence-corrected chi connectivity index (χ0v) is 16.1. The average molecular weight is 359 g/mol. The summed E-state index contributed by atoms with van der Waals surface area (Å²) in [4.78, 5) is 14.7. The fourth-order valence-electron chi connectivity index (χ4n) is 3.50. The topological polar surface area (TPSA) is 63.9 Å². The van der Waals surface area contributed by atoms with Gasteiger partial charge in [-0.15, -0.1) is 5.10 Å². The van der Waals surface area contributed by atoms with E-state index < -0.39 is 0 Å². The molecule has 6 nitrogen and oxygen atoms in total. The van der Waals surface area contributed by atoms with Gasteiger partial charge in [-0.2, -0.15) is 4.68 Å². The Balaban J connectivity index is 1.74. The minimum atomic E-state index is 0.167. The van der Waals surface area contributed by atoms with Crippen molar-refractivity contribution in [1.29, 1.82) is 0 Å². The molecule has 1 aliphatic heterocycles. The number of nitrogens with zero attached hydrogens (tertiary/aromatic N) is 5. The number of amides is 1. The van der Waals surface area contributed by atoms with Crippen molar-refractivity contribution in [1.82, 2.24) is 25.1 Å². The van der Waals surface area contributed by atoms with Crippen molar-refractivity contribution in [3.8, 4) is 5.69 Å². The molecule has 25 heavy (non-hydrogen) atoms. The fraction of sp³-hybridized carbons (Fsp3) is 0.556. The van der Waals surface area contributed by atoms with Crippen molar-refractivity contribution in [2.75, 3.05) is 5.75 Å². The molecule has 1 aromatic heterocycles. The Kier molecular flexibility index (Phi) is 5.42. The zero-order valence-electron chi connectivity index (χ0n) is 15.3. The molecule has 2 heterocycles. The number of carbonyl (C=O) groups excluding carboxylic acids is 1. The Hall–Kier alpha value is -1.89. The molecule has 1 aromatic carbocycles. The smallest absolute Gasteiger partial charge is 0.233 e. The van der Waals surface area contributed by atoms with E-state index in [0.717, 1.165) is 24.1 Å². The van der Waals surface area contributed by atoms with Gasteiger partial charge in [0.25, 0.3) is 0 Å². The van der Waals surface area contributed by atoms with Crippen molar-refractivity contribution in [3.63, 3.8) is 0 Å². The number of likely N-dealkylation sites (tertiary alicyclic amines) is 1. The largest absolute Gasteiger partial charge is 0.337 e. The highest BCUT2D eigenvalue weighted by atomic mass is 32.2. The Bertz CT molecular complexity index is 750. The predicted octanol–water partition coefficient (Wildman–Crippen LogP) is 3.16. The van der Waals surface area contributed by atoms with Crippen molar-refractivity contribution in [3.05, 3.63) is 29.3 Å². The highest BCUT2D eigenvalue weighted by molar-refractivity contribution is 7.99. The molecule has 0 aliphatic carbocycles. The quantitative estimate of drug-likeness (QED) is 0.785. The minimum absolute atomic E-state index is 0.167. The van der Waals surface area contributed by atoms with Gasteiger partial charge in [-0.3, -0.25) is 4.79 Å². The van der Waals surface area contributed by atoms with Crippen LogP contribution in [0.5, 0.6) is 0 Å². The SMILES string of the molecule is Cc1cccc(-n2nnnc2SCC(=O)N2C(C)CCCC2C)c1C. The first-order chi connectivity index (χ1) is 12.0. The second kappa shape index (κ2) is 7.56. The van der Waals surface area contributed by atoms with E-state index in [1.807, 2.05) is 17.0 Å². The molecular formula is C18H25N5OS. The zero-order chi connectivity index (χ0) is 18.0. The van der Waals surface area contributed by atoms with Gasteiger partial charge in [0.05, 0.1) is 11.4 Å². The van der Waals surface area contributed by atoms with E-state index in [-0.39, 0.29) is 5.91 Å². The number of piperidine rings is 1. The summed E-state index contributed by atoms with van der Waals surface area (Å²) in [6, 6.07) is 6.69. The van der Waals surface area contributed by atoms with Gasteiger partial charge < -0.3 is 4.90 Å². The molecule has 2 atom stereocenters. The number of hydrogen-bond donors (Lipinski definition) is 0. The molecule has 1 saturated heterocycles. The lowest BCUT2D eigenvalue weighted by Crippen LogP contribution is -2.48. The molecule has 2 unspecified atom stereocenters. The second-order valence-corrected chi connectivity index (χ2v) is 7.75. The molecular weight excluding hydrogens is 334 g/mol. The predicted molar refractivity (Wildman–Crippen MR) is 99.0 cm³/mol. The maximum absolute atomic E-state index is 12.7. The van der Waals surface area contributed by atoms with E-state index in [1.165, 1.54) is 23.7 Å². The second-order valence-electron chi connectivity index (χ2n) is 6.81. The molecule has 0 saturated carbocycles. The summed E-state index contributed by atoms with van der Waals surface area (Å²) in [6.07, 6.45) is 3.37. The van der Waals surface area contributed by atoms with E-state index in [4.69, 9.17) is 0 Å². The number of benzene rings is 1. The first-order valence-electron chi connectivity index (χ1n) is 8.78. The molecule has 1 fully saturated rings. The summed E-state index contributed by atoms with van der Waals surface area (Å²) in [5.74, 6) is 0.528. The molecule has 0 N–H and O–H groups in total. The highest BCUT2D eigenvalue weighted by Gasteiger charge is 2.29. The van der Waals surface area contributed by atoms with Gasteiger partial charge in [-0.25, -0.2) is 0 Å². The lowest BCUT2D eigenvalue weighted by molar-refractivity contribution is -0.134. The van der Waals surface area contributed by atoms with Gasteiger partial charge in [0, 0.05) is 12.1 Å². The highest BCUT2D eigenvalue weighted by Crippen LogP contribution is 2.26. The minimum Gasteiger partial charge on any atom is -0.337 e. The Morgan fingerprint density at radius 2 is 1.96 bits per heavy atom. The summed E-state index contributed by atoms with van der Waals surface area (Å²) in [5.41, 5.74) is 3.29. The molecule has 1 aliphatic rings. The molecule has 2 aromatic rings. The normalized spacial score (nSPS) is 20.7. The van der Waals surface area contributed by atoms with Crippen LogP contribution in [0.2, 0.25) is 0 Å². The van der Waals surface area contributed by atoms with Crippen LogP contribution in [0, 0.1) is 13.8 Å². The van der Waals surface area contributed by atoms with E-state index in [1.54, 1.807) is 4.68 Å². The third-order valence-corrected chi connectivity index (χ3v) is 5.96. The maximum Gasteiger partial charge on any atom is 0.233 e. The Morgan fingerprint density at radius 1 is 1.24 bits per heavy atom. The molecule has 0 radical (unpaired) electrons. The maximum atomic E-state index is 12.7. The number of carbonyl (C=O) groups is 1. The van der Waals surface area contributed by atoms with E-state index in [2.05, 4.69) is 49.3 Å². The molecule has 1 amide bonds. The van der Waals surface area contributed by atoms with Gasteiger partial charge in [-0.05, 0) is 74.6 Å². The number of aryl methyl sites for hydroxylation is 1. The van der Waals surface area contributed by atoms with Gasteiger partial charge in [0.1, 0.15) is 0 Å². The first-order valence-corrected chi connectivity index (χ1v) is 9.76. The van der Waals surface area contributed by atoms with Crippen LogP contribution in [0.15, 0.2) is 23.4 Å². The Morgan fingerprint density at radius 3 is 2.68 bits per heavy atom.